The van der Waals surface area contributed by atoms with E-state index in [4.69, 9.17) is 4.74 Å². The number of fused-ring (bicyclic) bond motifs is 1. The molecule has 144 valence electrons. The zero-order valence-corrected chi connectivity index (χ0v) is 15.8. The molecule has 2 aliphatic rings. The van der Waals surface area contributed by atoms with Crippen molar-refractivity contribution in [3.8, 4) is 0 Å². The number of carbonyl (C=O) groups is 1. The maximum absolute atomic E-state index is 13.1. The average Bonchev–Trinajstić information content (AvgIpc) is 3.26. The van der Waals surface area contributed by atoms with Crippen LogP contribution in [0.1, 0.15) is 28.2 Å². The van der Waals surface area contributed by atoms with E-state index >= 15 is 0 Å². The molecule has 2 saturated heterocycles. The molecule has 0 bridgehead atoms. The Morgan fingerprint density at radius 1 is 1.30 bits per heavy atom. The number of amides is 1. The first-order chi connectivity index (χ1) is 13.2. The van der Waals surface area contributed by atoms with Crippen LogP contribution in [0.25, 0.3) is 0 Å². The van der Waals surface area contributed by atoms with E-state index in [-0.39, 0.29) is 11.9 Å². The van der Waals surface area contributed by atoms with E-state index in [1.807, 2.05) is 42.2 Å². The number of carbonyl (C=O) groups excluding carboxylic acids is 1. The predicted molar refractivity (Wildman–Crippen MR) is 100 cm³/mol. The molecule has 0 radical (unpaired) electrons. The van der Waals surface area contributed by atoms with Gasteiger partial charge < -0.3 is 9.64 Å². The van der Waals surface area contributed by atoms with Gasteiger partial charge in [0.1, 0.15) is 0 Å². The average molecular weight is 370 g/mol. The van der Waals surface area contributed by atoms with Crippen LogP contribution in [-0.2, 0) is 11.3 Å². The summed E-state index contributed by atoms with van der Waals surface area (Å²) in [5, 5.41) is 8.41. The first-order valence-electron chi connectivity index (χ1n) is 9.40. The third-order valence-electron chi connectivity index (χ3n) is 5.62. The summed E-state index contributed by atoms with van der Waals surface area (Å²) in [5.74, 6) is 0.302. The number of methoxy groups -OCH3 is 1. The molecule has 8 nitrogen and oxygen atoms in total. The van der Waals surface area contributed by atoms with Crippen LogP contribution in [0.15, 0.2) is 30.3 Å². The fourth-order valence-electron chi connectivity index (χ4n) is 4.03. The summed E-state index contributed by atoms with van der Waals surface area (Å²) >= 11 is 0. The van der Waals surface area contributed by atoms with Gasteiger partial charge in [-0.3, -0.25) is 15.6 Å². The Morgan fingerprint density at radius 3 is 2.89 bits per heavy atom. The lowest BCUT2D eigenvalue weighted by molar-refractivity contribution is 0.0615. The lowest BCUT2D eigenvalue weighted by atomic mass is 9.88. The Morgan fingerprint density at radius 2 is 2.11 bits per heavy atom. The van der Waals surface area contributed by atoms with Crippen LogP contribution in [0.2, 0.25) is 0 Å². The second-order valence-electron chi connectivity index (χ2n) is 7.33. The van der Waals surface area contributed by atoms with Crippen LogP contribution >= 0.6 is 0 Å². The first-order valence-corrected chi connectivity index (χ1v) is 9.40. The number of ether oxygens (including phenoxy) is 1. The number of nitrogens with zero attached hydrogens (tertiary/aromatic N) is 4. The molecular weight excluding hydrogens is 344 g/mol. The molecule has 1 amide bonds. The third-order valence-corrected chi connectivity index (χ3v) is 5.62. The third kappa shape index (κ3) is 3.60. The second-order valence-corrected chi connectivity index (χ2v) is 7.33. The summed E-state index contributed by atoms with van der Waals surface area (Å²) < 4.78 is 7.10. The number of piperidine rings is 1. The number of rotatable bonds is 5. The largest absolute Gasteiger partial charge is 0.383 e. The fourth-order valence-corrected chi connectivity index (χ4v) is 4.03. The van der Waals surface area contributed by atoms with Crippen molar-refractivity contribution in [3.05, 3.63) is 47.3 Å². The van der Waals surface area contributed by atoms with Crippen LogP contribution in [0, 0.1) is 12.8 Å². The molecule has 3 heterocycles. The van der Waals surface area contributed by atoms with E-state index in [1.54, 1.807) is 11.8 Å². The quantitative estimate of drug-likeness (QED) is 0.801. The highest BCUT2D eigenvalue weighted by molar-refractivity contribution is 5.93. The lowest BCUT2D eigenvalue weighted by Gasteiger charge is -2.35. The zero-order valence-electron chi connectivity index (χ0n) is 15.8. The number of likely N-dealkylation sites (tertiary alicyclic amines) is 1. The van der Waals surface area contributed by atoms with Gasteiger partial charge >= 0.3 is 0 Å². The molecule has 1 aromatic heterocycles. The molecule has 0 saturated carbocycles. The van der Waals surface area contributed by atoms with Crippen molar-refractivity contribution < 1.29 is 9.53 Å². The van der Waals surface area contributed by atoms with E-state index in [9.17, 15) is 4.79 Å². The van der Waals surface area contributed by atoms with E-state index in [2.05, 4.69) is 21.2 Å². The smallest absolute Gasteiger partial charge is 0.276 e. The monoisotopic (exact) mass is 370 g/mol. The van der Waals surface area contributed by atoms with Gasteiger partial charge in [-0.1, -0.05) is 35.5 Å². The Balaban J connectivity index is 1.47. The Kier molecular flexibility index (Phi) is 5.20. The van der Waals surface area contributed by atoms with E-state index < -0.39 is 0 Å². The molecule has 2 N–H and O–H groups in total. The Hall–Kier alpha value is -2.29. The van der Waals surface area contributed by atoms with Gasteiger partial charge in [0.25, 0.3) is 5.91 Å². The molecule has 2 aliphatic heterocycles. The highest BCUT2D eigenvalue weighted by Gasteiger charge is 2.41. The second kappa shape index (κ2) is 7.75. The Labute approximate surface area is 158 Å². The van der Waals surface area contributed by atoms with E-state index in [0.717, 1.165) is 24.2 Å². The van der Waals surface area contributed by atoms with Gasteiger partial charge in [-0.15, -0.1) is 5.10 Å². The molecular formula is C19H26N6O2. The van der Waals surface area contributed by atoms with Gasteiger partial charge in [0.05, 0.1) is 24.9 Å². The minimum absolute atomic E-state index is 0.0340. The van der Waals surface area contributed by atoms with Crippen LogP contribution in [0.4, 0.5) is 0 Å². The van der Waals surface area contributed by atoms with Crippen LogP contribution in [0.5, 0.6) is 0 Å². The van der Waals surface area contributed by atoms with Crippen molar-refractivity contribution in [3.63, 3.8) is 0 Å². The molecule has 27 heavy (non-hydrogen) atoms. The standard InChI is InChI=1S/C19H26N6O2/c1-13-18(22-23-25(13)10-14-6-4-3-5-7-14)19(26)24-9-8-16-15(11-24)17(12-27-2)21-20-16/h3-7,15-17,20-21H,8-12H2,1-2H3. The van der Waals surface area contributed by atoms with Gasteiger partial charge in [-0.2, -0.15) is 0 Å². The summed E-state index contributed by atoms with van der Waals surface area (Å²) in [6.45, 7) is 4.57. The summed E-state index contributed by atoms with van der Waals surface area (Å²) in [5.41, 5.74) is 9.03. The van der Waals surface area contributed by atoms with Crippen molar-refractivity contribution in [1.82, 2.24) is 30.7 Å². The van der Waals surface area contributed by atoms with Gasteiger partial charge in [-0.05, 0) is 18.9 Å². The van der Waals surface area contributed by atoms with Crippen LogP contribution < -0.4 is 10.9 Å². The van der Waals surface area contributed by atoms with Crippen LogP contribution in [0.3, 0.4) is 0 Å². The molecule has 0 spiro atoms. The SMILES string of the molecule is COCC1NNC2CCN(C(=O)c3nnn(Cc4ccccc4)c3C)CC21. The minimum atomic E-state index is -0.0340. The maximum atomic E-state index is 13.1. The van der Waals surface area contributed by atoms with Gasteiger partial charge in [0.2, 0.25) is 0 Å². The molecule has 2 aromatic rings. The predicted octanol–water partition coefficient (Wildman–Crippen LogP) is 0.588. The summed E-state index contributed by atoms with van der Waals surface area (Å²) in [7, 11) is 1.70. The molecule has 3 unspecified atom stereocenters. The number of nitrogens with one attached hydrogen (secondary N) is 2. The van der Waals surface area contributed by atoms with Crippen LogP contribution in [-0.4, -0.2) is 64.7 Å². The number of hydrogen-bond donors (Lipinski definition) is 2. The van der Waals surface area contributed by atoms with Crippen molar-refractivity contribution in [2.75, 3.05) is 26.8 Å². The molecule has 0 aliphatic carbocycles. The molecule has 2 fully saturated rings. The van der Waals surface area contributed by atoms with Crippen molar-refractivity contribution in [1.29, 1.82) is 0 Å². The van der Waals surface area contributed by atoms with Gasteiger partial charge in [-0.25, -0.2) is 4.68 Å². The van der Waals surface area contributed by atoms with E-state index in [0.29, 0.717) is 37.4 Å². The first kappa shape index (κ1) is 18.1. The normalized spacial score (nSPS) is 24.8. The number of aromatic nitrogens is 3. The summed E-state index contributed by atoms with van der Waals surface area (Å²) in [4.78, 5) is 15.0. The highest BCUT2D eigenvalue weighted by atomic mass is 16.5. The Bertz CT molecular complexity index is 793. The van der Waals surface area contributed by atoms with Crippen molar-refractivity contribution in [2.24, 2.45) is 5.92 Å². The molecule has 1 aromatic carbocycles. The topological polar surface area (TPSA) is 84.3 Å². The van der Waals surface area contributed by atoms with Gasteiger partial charge in [0, 0.05) is 32.2 Å². The van der Waals surface area contributed by atoms with E-state index in [1.165, 1.54) is 0 Å². The summed E-state index contributed by atoms with van der Waals surface area (Å²) in [6.07, 6.45) is 0.917. The fraction of sp³-hybridized carbons (Fsp3) is 0.526. The lowest BCUT2D eigenvalue weighted by Crippen LogP contribution is -2.49. The molecule has 3 atom stereocenters. The number of benzene rings is 1. The van der Waals surface area contributed by atoms with Crippen molar-refractivity contribution >= 4 is 5.91 Å². The summed E-state index contributed by atoms with van der Waals surface area (Å²) in [6, 6.07) is 10.7. The van der Waals surface area contributed by atoms with Crippen molar-refractivity contribution in [2.45, 2.75) is 32.0 Å². The molecule has 8 heteroatoms. The zero-order chi connectivity index (χ0) is 18.8. The number of hydrazine groups is 1. The highest BCUT2D eigenvalue weighted by Crippen LogP contribution is 2.25. The molecule has 4 rings (SSSR count). The minimum Gasteiger partial charge on any atom is -0.383 e. The number of hydrogen-bond acceptors (Lipinski definition) is 6. The van der Waals surface area contributed by atoms with Gasteiger partial charge in [0.15, 0.2) is 5.69 Å². The maximum Gasteiger partial charge on any atom is 0.276 e.